The van der Waals surface area contributed by atoms with Gasteiger partial charge in [0, 0.05) is 77.8 Å². The highest BCUT2D eigenvalue weighted by Crippen LogP contribution is 2.24. The second-order valence-electron chi connectivity index (χ2n) is 24.2. The number of para-hydroxylation sites is 12. The number of carbonyl (C=O) groups excluding carboxylic acids is 6. The molecule has 0 saturated carbocycles. The summed E-state index contributed by atoms with van der Waals surface area (Å²) in [4.78, 5) is 92.2. The van der Waals surface area contributed by atoms with Gasteiger partial charge in [-0.15, -0.1) is 0 Å². The van der Waals surface area contributed by atoms with Gasteiger partial charge in [-0.05, 0) is 180 Å². The second kappa shape index (κ2) is 37.6. The molecule has 12 aromatic rings. The molecule has 0 aliphatic rings. The van der Waals surface area contributed by atoms with Crippen molar-refractivity contribution in [2.24, 2.45) is 0 Å². The van der Waals surface area contributed by atoms with E-state index in [4.69, 9.17) is 0 Å². The number of benzene rings is 6. The minimum absolute atomic E-state index is 0.211. The van der Waals surface area contributed by atoms with Crippen LogP contribution in [-0.4, -0.2) is 98.3 Å². The molecule has 6 aromatic heterocycles. The molecular formula is C77H94N12O6S. The number of ketones is 6. The molecule has 0 N–H and O–H groups in total. The highest BCUT2D eigenvalue weighted by molar-refractivity contribution is 7.98. The third-order valence-electron chi connectivity index (χ3n) is 16.3. The second-order valence-corrected chi connectivity index (χ2v) is 25.0. The molecule has 6 heterocycles. The first kappa shape index (κ1) is 73.9. The Morgan fingerprint density at radius 2 is 0.583 bits per heavy atom. The van der Waals surface area contributed by atoms with Crippen LogP contribution in [0.2, 0.25) is 0 Å². The lowest BCUT2D eigenvalue weighted by atomic mass is 10.1. The quantitative estimate of drug-likeness (QED) is 0.0386. The molecule has 6 aromatic carbocycles. The van der Waals surface area contributed by atoms with Crippen LogP contribution in [0.1, 0.15) is 142 Å². The van der Waals surface area contributed by atoms with E-state index in [9.17, 15) is 28.8 Å². The maximum atomic E-state index is 11.0. The minimum atomic E-state index is 0.211. The number of hydrogen-bond acceptors (Lipinski definition) is 13. The molecule has 0 aliphatic heterocycles. The summed E-state index contributed by atoms with van der Waals surface area (Å²) in [5, 5.41) is 1.02. The van der Waals surface area contributed by atoms with Crippen molar-refractivity contribution in [2.45, 2.75) is 191 Å². The number of fused-ring (bicyclic) bond motifs is 6. The van der Waals surface area contributed by atoms with Crippen molar-refractivity contribution in [3.05, 3.63) is 175 Å². The summed E-state index contributed by atoms with van der Waals surface area (Å²) in [6, 6.07) is 48.5. The topological polar surface area (TPSA) is 209 Å². The van der Waals surface area contributed by atoms with E-state index in [1.807, 2.05) is 147 Å². The highest BCUT2D eigenvalue weighted by atomic mass is 32.2. The molecule has 0 bridgehead atoms. The number of aromatic nitrogens is 12. The number of imidazole rings is 6. The van der Waals surface area contributed by atoms with Crippen LogP contribution < -0.4 is 0 Å². The zero-order valence-corrected chi connectivity index (χ0v) is 58.7. The number of hydrogen-bond donors (Lipinski definition) is 0. The van der Waals surface area contributed by atoms with Crippen molar-refractivity contribution in [1.82, 2.24) is 57.3 Å². The van der Waals surface area contributed by atoms with Gasteiger partial charge in [0.05, 0.1) is 72.5 Å². The van der Waals surface area contributed by atoms with Crippen LogP contribution in [-0.2, 0) is 68.0 Å². The van der Waals surface area contributed by atoms with Crippen molar-refractivity contribution in [2.75, 3.05) is 6.26 Å². The average molecular weight is 1320 g/mol. The Bertz CT molecular complexity index is 4450. The molecule has 0 saturated heterocycles. The van der Waals surface area contributed by atoms with Gasteiger partial charge in [0.15, 0.2) is 5.16 Å². The van der Waals surface area contributed by atoms with Gasteiger partial charge in [-0.2, -0.15) is 0 Å². The largest absolute Gasteiger partial charge is 0.330 e. The molecule has 19 heteroatoms. The van der Waals surface area contributed by atoms with Gasteiger partial charge in [0.1, 0.15) is 58.0 Å². The Hall–Kier alpha value is -9.49. The van der Waals surface area contributed by atoms with Crippen LogP contribution in [0.25, 0.3) is 66.2 Å². The first-order valence-corrected chi connectivity index (χ1v) is 34.5. The third kappa shape index (κ3) is 22.0. The Morgan fingerprint density at radius 1 is 0.302 bits per heavy atom. The van der Waals surface area contributed by atoms with E-state index in [0.717, 1.165) is 161 Å². The molecule has 18 nitrogen and oxygen atoms in total. The molecule has 12 rings (SSSR count). The van der Waals surface area contributed by atoms with E-state index in [1.165, 1.54) is 11.0 Å². The summed E-state index contributed by atoms with van der Waals surface area (Å²) in [6.45, 7) is 22.8. The van der Waals surface area contributed by atoms with Gasteiger partial charge in [-0.1, -0.05) is 91.0 Å². The minimum Gasteiger partial charge on any atom is -0.330 e. The molecule has 96 heavy (non-hydrogen) atoms. The summed E-state index contributed by atoms with van der Waals surface area (Å²) in [6.07, 6.45) is 13.6. The zero-order chi connectivity index (χ0) is 69.1. The molecule has 0 amide bonds. The third-order valence-corrected chi connectivity index (χ3v) is 16.9. The monoisotopic (exact) mass is 1310 g/mol. The van der Waals surface area contributed by atoms with Gasteiger partial charge >= 0.3 is 0 Å². The lowest BCUT2D eigenvalue weighted by Gasteiger charge is -2.06. The van der Waals surface area contributed by atoms with E-state index in [-0.39, 0.29) is 28.9 Å². The Morgan fingerprint density at radius 3 is 0.958 bits per heavy atom. The van der Waals surface area contributed by atoms with E-state index >= 15 is 0 Å². The fourth-order valence-electron chi connectivity index (χ4n) is 11.3. The lowest BCUT2D eigenvalue weighted by Crippen LogP contribution is -2.04. The van der Waals surface area contributed by atoms with Crippen LogP contribution in [0.5, 0.6) is 0 Å². The lowest BCUT2D eigenvalue weighted by molar-refractivity contribution is -0.118. The first-order chi connectivity index (χ1) is 46.2. The summed E-state index contributed by atoms with van der Waals surface area (Å²) in [5.74, 6) is 5.52. The highest BCUT2D eigenvalue weighted by Gasteiger charge is 2.13. The first-order valence-electron chi connectivity index (χ1n) is 33.3. The number of thioether (sulfide) groups is 1. The van der Waals surface area contributed by atoms with Crippen molar-refractivity contribution in [3.8, 4) is 0 Å². The van der Waals surface area contributed by atoms with Crippen LogP contribution in [0.3, 0.4) is 0 Å². The fraction of sp³-hybridized carbons (Fsp3) is 0.377. The normalized spacial score (nSPS) is 10.9. The van der Waals surface area contributed by atoms with Gasteiger partial charge in [0.2, 0.25) is 0 Å². The predicted molar refractivity (Wildman–Crippen MR) is 389 cm³/mol. The zero-order valence-electron chi connectivity index (χ0n) is 57.9. The van der Waals surface area contributed by atoms with Crippen LogP contribution in [0.4, 0.5) is 0 Å². The van der Waals surface area contributed by atoms with Crippen molar-refractivity contribution in [3.63, 3.8) is 0 Å². The number of rotatable bonds is 25. The molecule has 0 fully saturated rings. The van der Waals surface area contributed by atoms with E-state index in [2.05, 4.69) is 90.0 Å². The molecular weight excluding hydrogens is 1220 g/mol. The van der Waals surface area contributed by atoms with E-state index in [1.54, 1.807) is 59.6 Å². The number of unbranched alkanes of at least 4 members (excludes halogenated alkanes) is 3. The van der Waals surface area contributed by atoms with Crippen LogP contribution in [0, 0.1) is 27.7 Å². The number of aryl methyl sites for hydroxylation is 10. The molecule has 504 valence electrons. The summed E-state index contributed by atoms with van der Waals surface area (Å²) in [7, 11) is 0. The number of Topliss-reactive ketones (excluding diaryl/α,β-unsaturated/α-hetero) is 6. The van der Waals surface area contributed by atoms with Gasteiger partial charge in [-0.3, -0.25) is 14.4 Å². The summed E-state index contributed by atoms with van der Waals surface area (Å²) < 4.78 is 12.9. The SMILES string of the molecule is CC(=O)CCCCCn1c(C)nc2ccccc21.CC(=O)CCCCn1c(C)nc2ccccc21.CC(=O)CCn1c(C)nc2ccccc21.CC(=O)CCn1c(C)nc2ccccc21.CC(=O)CCn1cnc2ccccc21.CSc1nc2ccccc2n1CCCC(C)=O. The van der Waals surface area contributed by atoms with Crippen molar-refractivity contribution in [1.29, 1.82) is 0 Å². The van der Waals surface area contributed by atoms with E-state index < -0.39 is 0 Å². The maximum absolute atomic E-state index is 11.0. The number of nitrogens with zero attached hydrogens (tertiary/aromatic N) is 12. The Kier molecular flexibility index (Phi) is 28.9. The fourth-order valence-corrected chi connectivity index (χ4v) is 11.9. The van der Waals surface area contributed by atoms with Crippen molar-refractivity contribution < 1.29 is 28.8 Å². The summed E-state index contributed by atoms with van der Waals surface area (Å²) in [5.41, 5.74) is 13.0. The van der Waals surface area contributed by atoms with Crippen molar-refractivity contribution >= 4 is 113 Å². The number of carbonyl (C=O) groups is 6. The van der Waals surface area contributed by atoms with Crippen LogP contribution in [0.15, 0.2) is 157 Å². The predicted octanol–water partition coefficient (Wildman–Crippen LogP) is 16.4. The Balaban J connectivity index is 0.000000163. The van der Waals surface area contributed by atoms with Gasteiger partial charge < -0.3 is 41.8 Å². The molecule has 0 unspecified atom stereocenters. The molecule has 0 aliphatic carbocycles. The molecule has 0 spiro atoms. The Labute approximate surface area is 568 Å². The smallest absolute Gasteiger partial charge is 0.168 e. The van der Waals surface area contributed by atoms with Gasteiger partial charge in [-0.25, -0.2) is 29.9 Å². The average Bonchev–Trinajstić information content (AvgIpc) is 1.71. The summed E-state index contributed by atoms with van der Waals surface area (Å²) >= 11 is 1.65. The molecule has 0 atom stereocenters. The van der Waals surface area contributed by atoms with Crippen LogP contribution >= 0.6 is 11.8 Å². The van der Waals surface area contributed by atoms with E-state index in [0.29, 0.717) is 44.3 Å². The molecule has 0 radical (unpaired) electrons. The van der Waals surface area contributed by atoms with Gasteiger partial charge in [0.25, 0.3) is 0 Å². The standard InChI is InChI=1S/C15H20N2O.C14H18N2O.C13H16N2OS.2C12H14N2O.C11H12N2O/c1-12(18)8-4-3-7-11-17-13(2)16-14-9-5-6-10-15(14)17;1-11(17)7-5-6-10-16-12(2)15-13-8-3-4-9-14(13)16;1-10(16)6-5-9-15-12-8-4-3-7-11(12)14-13(15)17-2;2*1-9(15)7-8-14-10(2)13-11-5-3-4-6-12(11)14;1-9(14)6-7-13-8-12-10-4-2-3-5-11(10)13/h5-6,9-10H,3-4,7-8,11H2,1-2H3;3-4,8-9H,5-7,10H2,1-2H3;3-4,7-8H,5-6,9H2,1-2H3;2*3-6H,7-8H2,1-2H3;2-5,8H,6-7H2,1H3. The maximum Gasteiger partial charge on any atom is 0.168 e.